The molecule has 244 valence electrons. The van der Waals surface area contributed by atoms with Crippen molar-refractivity contribution < 1.29 is 19.1 Å². The van der Waals surface area contributed by atoms with Gasteiger partial charge in [0, 0.05) is 12.8 Å². The third kappa shape index (κ3) is 25.2. The van der Waals surface area contributed by atoms with E-state index in [1.54, 1.807) is 0 Å². The summed E-state index contributed by atoms with van der Waals surface area (Å²) in [6.07, 6.45) is 26.8. The first kappa shape index (κ1) is 39.9. The van der Waals surface area contributed by atoms with Gasteiger partial charge in [0.05, 0.1) is 13.2 Å². The van der Waals surface area contributed by atoms with Gasteiger partial charge in [-0.25, -0.2) is 0 Å². The molecule has 0 amide bonds. The lowest BCUT2D eigenvalue weighted by Crippen LogP contribution is -2.16. The summed E-state index contributed by atoms with van der Waals surface area (Å²) in [5.74, 6) is 2.33. The van der Waals surface area contributed by atoms with E-state index in [2.05, 4.69) is 41.5 Å². The quantitative estimate of drug-likeness (QED) is 0.0626. The van der Waals surface area contributed by atoms with Crippen molar-refractivity contribution in [1.82, 2.24) is 0 Å². The van der Waals surface area contributed by atoms with Gasteiger partial charge in [-0.05, 0) is 49.4 Å². The van der Waals surface area contributed by atoms with Gasteiger partial charge in [0.25, 0.3) is 0 Å². The molecule has 0 aliphatic heterocycles. The lowest BCUT2D eigenvalue weighted by Gasteiger charge is -2.21. The van der Waals surface area contributed by atoms with Gasteiger partial charge < -0.3 is 9.47 Å². The zero-order chi connectivity index (χ0) is 30.6. The van der Waals surface area contributed by atoms with Crippen LogP contribution in [0.2, 0.25) is 0 Å². The van der Waals surface area contributed by atoms with Crippen LogP contribution in [0.3, 0.4) is 0 Å². The Morgan fingerprint density at radius 3 is 1.32 bits per heavy atom. The third-order valence-electron chi connectivity index (χ3n) is 9.16. The van der Waals surface area contributed by atoms with Crippen LogP contribution in [0.15, 0.2) is 0 Å². The van der Waals surface area contributed by atoms with Crippen LogP contribution in [0.5, 0.6) is 0 Å². The van der Waals surface area contributed by atoms with Crippen LogP contribution in [0.4, 0.5) is 0 Å². The molecule has 0 saturated heterocycles. The van der Waals surface area contributed by atoms with Gasteiger partial charge in [-0.2, -0.15) is 0 Å². The van der Waals surface area contributed by atoms with Crippen LogP contribution in [0, 0.1) is 23.7 Å². The van der Waals surface area contributed by atoms with Crippen molar-refractivity contribution in [2.45, 2.75) is 189 Å². The average Bonchev–Trinajstić information content (AvgIpc) is 2.96. The molecule has 0 aromatic carbocycles. The fourth-order valence-electron chi connectivity index (χ4n) is 5.74. The summed E-state index contributed by atoms with van der Waals surface area (Å²) in [6.45, 7) is 14.7. The molecular formula is C37H72O4. The molecule has 3 unspecified atom stereocenters. The highest BCUT2D eigenvalue weighted by atomic mass is 16.5. The first-order valence-electron chi connectivity index (χ1n) is 18.2. The van der Waals surface area contributed by atoms with Gasteiger partial charge in [-0.15, -0.1) is 0 Å². The van der Waals surface area contributed by atoms with Crippen molar-refractivity contribution in [2.24, 2.45) is 23.7 Å². The lowest BCUT2D eigenvalue weighted by atomic mass is 9.86. The molecule has 0 aliphatic rings. The molecule has 4 nitrogen and oxygen atoms in total. The van der Waals surface area contributed by atoms with Gasteiger partial charge in [0.15, 0.2) is 0 Å². The summed E-state index contributed by atoms with van der Waals surface area (Å²) in [5.41, 5.74) is 0. The summed E-state index contributed by atoms with van der Waals surface area (Å²) >= 11 is 0. The molecule has 3 atom stereocenters. The third-order valence-corrected chi connectivity index (χ3v) is 9.16. The molecule has 41 heavy (non-hydrogen) atoms. The maximum Gasteiger partial charge on any atom is 0.305 e. The second-order valence-corrected chi connectivity index (χ2v) is 13.2. The minimum Gasteiger partial charge on any atom is -0.465 e. The van der Waals surface area contributed by atoms with Crippen molar-refractivity contribution in [3.8, 4) is 0 Å². The minimum atomic E-state index is 0.000402. The van der Waals surface area contributed by atoms with Gasteiger partial charge in [-0.3, -0.25) is 9.59 Å². The van der Waals surface area contributed by atoms with E-state index >= 15 is 0 Å². The van der Waals surface area contributed by atoms with Gasteiger partial charge in [-0.1, -0.05) is 151 Å². The normalized spacial score (nSPS) is 13.7. The van der Waals surface area contributed by atoms with Crippen molar-refractivity contribution in [1.29, 1.82) is 0 Å². The van der Waals surface area contributed by atoms with Gasteiger partial charge >= 0.3 is 11.9 Å². The SMILES string of the molecule is CCCCC(CC)COC(=O)CCCCCCCCCCCCCC(CCC(=O)OCC(CC)CCCC)C(C)C. The summed E-state index contributed by atoms with van der Waals surface area (Å²) in [6, 6.07) is 0. The molecular weight excluding hydrogens is 508 g/mol. The predicted octanol–water partition coefficient (Wildman–Crippen LogP) is 11.6. The smallest absolute Gasteiger partial charge is 0.305 e. The number of hydrogen-bond donors (Lipinski definition) is 0. The van der Waals surface area contributed by atoms with Crippen LogP contribution in [-0.4, -0.2) is 25.2 Å². The van der Waals surface area contributed by atoms with Crippen LogP contribution in [0.1, 0.15) is 189 Å². The van der Waals surface area contributed by atoms with E-state index in [1.165, 1.54) is 103 Å². The van der Waals surface area contributed by atoms with Gasteiger partial charge in [0.1, 0.15) is 0 Å². The highest BCUT2D eigenvalue weighted by molar-refractivity contribution is 5.69. The number of carbonyl (C=O) groups excluding carboxylic acids is 2. The molecule has 0 radical (unpaired) electrons. The van der Waals surface area contributed by atoms with Gasteiger partial charge in [0.2, 0.25) is 0 Å². The van der Waals surface area contributed by atoms with Crippen molar-refractivity contribution in [3.05, 3.63) is 0 Å². The summed E-state index contributed by atoms with van der Waals surface area (Å²) in [5, 5.41) is 0. The molecule has 0 aromatic rings. The average molecular weight is 581 g/mol. The minimum absolute atomic E-state index is 0.000402. The number of unbranched alkanes of at least 4 members (excludes halogenated alkanes) is 12. The van der Waals surface area contributed by atoms with E-state index < -0.39 is 0 Å². The Kier molecular flexibility index (Phi) is 28.3. The Morgan fingerprint density at radius 1 is 0.488 bits per heavy atom. The maximum absolute atomic E-state index is 12.3. The predicted molar refractivity (Wildman–Crippen MR) is 176 cm³/mol. The van der Waals surface area contributed by atoms with Crippen molar-refractivity contribution >= 4 is 11.9 Å². The highest BCUT2D eigenvalue weighted by Crippen LogP contribution is 2.25. The number of ether oxygens (including phenoxy) is 2. The second-order valence-electron chi connectivity index (χ2n) is 13.2. The standard InChI is InChI=1S/C37H72O4/c1-7-11-24-33(9-3)30-40-36(38)27-23-21-19-17-15-13-14-16-18-20-22-26-35(32(5)6)28-29-37(39)41-31-34(10-4)25-12-8-2/h32-35H,7-31H2,1-6H3. The van der Waals surface area contributed by atoms with Crippen LogP contribution in [-0.2, 0) is 19.1 Å². The molecule has 0 fully saturated rings. The fourth-order valence-corrected chi connectivity index (χ4v) is 5.74. The van der Waals surface area contributed by atoms with Crippen LogP contribution in [0.25, 0.3) is 0 Å². The van der Waals surface area contributed by atoms with E-state index in [0.717, 1.165) is 32.1 Å². The molecule has 0 aliphatic carbocycles. The number of hydrogen-bond acceptors (Lipinski definition) is 4. The lowest BCUT2D eigenvalue weighted by molar-refractivity contribution is -0.146. The Balaban J connectivity index is 3.69. The van der Waals surface area contributed by atoms with E-state index in [1.807, 2.05) is 0 Å². The molecule has 0 spiro atoms. The van der Waals surface area contributed by atoms with E-state index in [-0.39, 0.29) is 11.9 Å². The number of esters is 2. The molecule has 0 saturated carbocycles. The molecule has 0 rings (SSSR count). The van der Waals surface area contributed by atoms with Crippen LogP contribution >= 0.6 is 0 Å². The van der Waals surface area contributed by atoms with E-state index in [9.17, 15) is 9.59 Å². The molecule has 0 bridgehead atoms. The monoisotopic (exact) mass is 581 g/mol. The Morgan fingerprint density at radius 2 is 0.902 bits per heavy atom. The molecule has 0 N–H and O–H groups in total. The summed E-state index contributed by atoms with van der Waals surface area (Å²) in [4.78, 5) is 24.3. The highest BCUT2D eigenvalue weighted by Gasteiger charge is 2.17. The Bertz CT molecular complexity index is 587. The van der Waals surface area contributed by atoms with Crippen LogP contribution < -0.4 is 0 Å². The molecule has 0 heterocycles. The summed E-state index contributed by atoms with van der Waals surface area (Å²) in [7, 11) is 0. The van der Waals surface area contributed by atoms with Crippen molar-refractivity contribution in [3.63, 3.8) is 0 Å². The zero-order valence-electron chi connectivity index (χ0n) is 28.6. The van der Waals surface area contributed by atoms with E-state index in [4.69, 9.17) is 9.47 Å². The summed E-state index contributed by atoms with van der Waals surface area (Å²) < 4.78 is 11.1. The maximum atomic E-state index is 12.3. The zero-order valence-corrected chi connectivity index (χ0v) is 28.6. The Labute approximate surface area is 256 Å². The largest absolute Gasteiger partial charge is 0.465 e. The molecule has 4 heteroatoms. The Hall–Kier alpha value is -1.06. The molecule has 0 aromatic heterocycles. The topological polar surface area (TPSA) is 52.6 Å². The number of rotatable bonds is 30. The van der Waals surface area contributed by atoms with Crippen molar-refractivity contribution in [2.75, 3.05) is 13.2 Å². The second kappa shape index (κ2) is 29.0. The van der Waals surface area contributed by atoms with E-state index in [0.29, 0.717) is 49.7 Å². The fraction of sp³-hybridized carbons (Fsp3) is 0.946. The number of carbonyl (C=O) groups is 2. The first-order chi connectivity index (χ1) is 19.9. The first-order valence-corrected chi connectivity index (χ1v) is 18.2.